The summed E-state index contributed by atoms with van der Waals surface area (Å²) < 4.78 is 28.2. The Morgan fingerprint density at radius 3 is 2.68 bits per heavy atom. The average Bonchev–Trinajstić information content (AvgIpc) is 2.43. The highest BCUT2D eigenvalue weighted by Gasteiger charge is 2.09. The maximum atomic E-state index is 11.3. The molecule has 19 heavy (non-hydrogen) atoms. The molecule has 1 N–H and O–H groups in total. The Morgan fingerprint density at radius 2 is 2.05 bits per heavy atom. The van der Waals surface area contributed by atoms with Crippen molar-refractivity contribution in [1.29, 1.82) is 0 Å². The van der Waals surface area contributed by atoms with Crippen LogP contribution in [-0.4, -0.2) is 37.4 Å². The van der Waals surface area contributed by atoms with Gasteiger partial charge in [0.05, 0.1) is 18.1 Å². The van der Waals surface area contributed by atoms with Crippen molar-refractivity contribution in [3.05, 3.63) is 29.8 Å². The van der Waals surface area contributed by atoms with Crippen LogP contribution in [0.15, 0.2) is 29.4 Å². The Labute approximate surface area is 113 Å². The lowest BCUT2D eigenvalue weighted by molar-refractivity contribution is 0.312. The zero-order valence-electron chi connectivity index (χ0n) is 11.2. The van der Waals surface area contributed by atoms with Crippen molar-refractivity contribution in [2.75, 3.05) is 18.1 Å². The number of benzene rings is 1. The van der Waals surface area contributed by atoms with Gasteiger partial charge in [0, 0.05) is 11.3 Å². The molecule has 1 aromatic carbocycles. The van der Waals surface area contributed by atoms with E-state index in [9.17, 15) is 8.42 Å². The highest BCUT2D eigenvalue weighted by molar-refractivity contribution is 7.91. The van der Waals surface area contributed by atoms with Gasteiger partial charge in [0.1, 0.15) is 15.6 Å². The molecule has 5 nitrogen and oxygen atoms in total. The fourth-order valence-electron chi connectivity index (χ4n) is 1.55. The summed E-state index contributed by atoms with van der Waals surface area (Å²) in [6, 6.07) is 7.18. The molecule has 1 aromatic rings. The highest BCUT2D eigenvalue weighted by atomic mass is 32.2. The number of ether oxygens (including phenoxy) is 1. The number of rotatable bonds is 7. The van der Waals surface area contributed by atoms with E-state index in [0.29, 0.717) is 30.1 Å². The van der Waals surface area contributed by atoms with Crippen LogP contribution in [0.5, 0.6) is 5.75 Å². The zero-order valence-corrected chi connectivity index (χ0v) is 12.0. The quantitative estimate of drug-likeness (QED) is 0.360. The Morgan fingerprint density at radius 1 is 1.37 bits per heavy atom. The van der Waals surface area contributed by atoms with Gasteiger partial charge in [-0.15, -0.1) is 0 Å². The maximum Gasteiger partial charge on any atom is 0.150 e. The Kier molecular flexibility index (Phi) is 5.82. The van der Waals surface area contributed by atoms with E-state index < -0.39 is 9.84 Å². The largest absolute Gasteiger partial charge is 0.493 e. The summed E-state index contributed by atoms with van der Waals surface area (Å²) in [4.78, 5) is 0. The molecule has 0 fully saturated rings. The van der Waals surface area contributed by atoms with Gasteiger partial charge >= 0.3 is 0 Å². The van der Waals surface area contributed by atoms with E-state index in [0.717, 1.165) is 0 Å². The van der Waals surface area contributed by atoms with Crippen LogP contribution >= 0.6 is 0 Å². The van der Waals surface area contributed by atoms with Crippen LogP contribution in [-0.2, 0) is 9.84 Å². The van der Waals surface area contributed by atoms with Crippen LogP contribution in [0.4, 0.5) is 0 Å². The third-order valence-corrected chi connectivity index (χ3v) is 4.51. The number of hydrogen-bond donors (Lipinski definition) is 1. The lowest BCUT2D eigenvalue weighted by atomic mass is 10.1. The average molecular weight is 285 g/mol. The van der Waals surface area contributed by atoms with Crippen molar-refractivity contribution in [2.24, 2.45) is 5.16 Å². The molecule has 0 aliphatic rings. The SMILES string of the molecule is CCS(=O)(=O)CCCOc1ccccc1C(C)=NO. The molecular weight excluding hydrogens is 266 g/mol. The van der Waals surface area contributed by atoms with Crippen LogP contribution in [0.25, 0.3) is 0 Å². The molecule has 0 bridgehead atoms. The van der Waals surface area contributed by atoms with Crippen LogP contribution in [0.2, 0.25) is 0 Å². The van der Waals surface area contributed by atoms with E-state index in [1.165, 1.54) is 0 Å². The first-order valence-corrected chi connectivity index (χ1v) is 7.93. The van der Waals surface area contributed by atoms with Crippen LogP contribution < -0.4 is 4.74 Å². The Balaban J connectivity index is 2.59. The van der Waals surface area contributed by atoms with Crippen molar-refractivity contribution in [2.45, 2.75) is 20.3 Å². The lowest BCUT2D eigenvalue weighted by Gasteiger charge is -2.10. The summed E-state index contributed by atoms with van der Waals surface area (Å²) in [5.74, 6) is 0.866. The van der Waals surface area contributed by atoms with Crippen molar-refractivity contribution in [1.82, 2.24) is 0 Å². The number of oxime groups is 1. The fourth-order valence-corrected chi connectivity index (χ4v) is 2.40. The molecule has 0 aliphatic carbocycles. The second-order valence-electron chi connectivity index (χ2n) is 4.12. The van der Waals surface area contributed by atoms with Gasteiger partial charge in [-0.3, -0.25) is 0 Å². The van der Waals surface area contributed by atoms with Gasteiger partial charge in [0.15, 0.2) is 0 Å². The Hall–Kier alpha value is -1.56. The molecule has 0 atom stereocenters. The predicted molar refractivity (Wildman–Crippen MR) is 74.9 cm³/mol. The van der Waals surface area contributed by atoms with E-state index in [2.05, 4.69) is 5.16 Å². The maximum absolute atomic E-state index is 11.3. The van der Waals surface area contributed by atoms with E-state index in [1.54, 1.807) is 26.0 Å². The van der Waals surface area contributed by atoms with Crippen molar-refractivity contribution in [3.8, 4) is 5.75 Å². The first-order chi connectivity index (χ1) is 9.00. The van der Waals surface area contributed by atoms with E-state index >= 15 is 0 Å². The third kappa shape index (κ3) is 4.90. The summed E-state index contributed by atoms with van der Waals surface area (Å²) in [6.07, 6.45) is 0.444. The van der Waals surface area contributed by atoms with Crippen molar-refractivity contribution in [3.63, 3.8) is 0 Å². The lowest BCUT2D eigenvalue weighted by Crippen LogP contribution is -2.12. The summed E-state index contributed by atoms with van der Waals surface area (Å²) >= 11 is 0. The second kappa shape index (κ2) is 7.13. The molecule has 0 unspecified atom stereocenters. The predicted octanol–water partition coefficient (Wildman–Crippen LogP) is 2.09. The second-order valence-corrected chi connectivity index (χ2v) is 6.59. The molecule has 0 amide bonds. The van der Waals surface area contributed by atoms with E-state index in [1.807, 2.05) is 12.1 Å². The molecule has 0 radical (unpaired) electrons. The monoisotopic (exact) mass is 285 g/mol. The molecule has 106 valence electrons. The first kappa shape index (κ1) is 15.5. The zero-order chi connectivity index (χ0) is 14.3. The fraction of sp³-hybridized carbons (Fsp3) is 0.462. The van der Waals surface area contributed by atoms with E-state index in [4.69, 9.17) is 9.94 Å². The normalized spacial score (nSPS) is 12.4. The van der Waals surface area contributed by atoms with Gasteiger partial charge in [-0.05, 0) is 25.5 Å². The third-order valence-electron chi connectivity index (χ3n) is 2.72. The van der Waals surface area contributed by atoms with E-state index in [-0.39, 0.29) is 11.5 Å². The summed E-state index contributed by atoms with van der Waals surface area (Å²) in [7, 11) is -2.95. The minimum atomic E-state index is -2.95. The minimum absolute atomic E-state index is 0.124. The van der Waals surface area contributed by atoms with Gasteiger partial charge in [0.25, 0.3) is 0 Å². The van der Waals surface area contributed by atoms with Crippen LogP contribution in [0.1, 0.15) is 25.8 Å². The first-order valence-electron chi connectivity index (χ1n) is 6.11. The molecule has 0 saturated carbocycles. The van der Waals surface area contributed by atoms with Crippen LogP contribution in [0.3, 0.4) is 0 Å². The molecule has 0 heterocycles. The number of hydrogen-bond acceptors (Lipinski definition) is 5. The summed E-state index contributed by atoms with van der Waals surface area (Å²) in [6.45, 7) is 3.62. The molecule has 0 saturated heterocycles. The molecule has 6 heteroatoms. The molecule has 0 aliphatic heterocycles. The highest BCUT2D eigenvalue weighted by Crippen LogP contribution is 2.19. The number of nitrogens with zero attached hydrogens (tertiary/aromatic N) is 1. The summed E-state index contributed by atoms with van der Waals surface area (Å²) in [5.41, 5.74) is 1.15. The standard InChI is InChI=1S/C13H19NO4S/c1-3-19(16,17)10-6-9-18-13-8-5-4-7-12(13)11(2)14-15/h4-5,7-8,15H,3,6,9-10H2,1-2H3. The van der Waals surface area contributed by atoms with Crippen molar-refractivity contribution >= 4 is 15.5 Å². The molecule has 1 rings (SSSR count). The van der Waals surface area contributed by atoms with Gasteiger partial charge in [-0.25, -0.2) is 8.42 Å². The number of para-hydroxylation sites is 1. The van der Waals surface area contributed by atoms with Gasteiger partial charge in [0.2, 0.25) is 0 Å². The van der Waals surface area contributed by atoms with Crippen LogP contribution in [0, 0.1) is 0 Å². The topological polar surface area (TPSA) is 76.0 Å². The summed E-state index contributed by atoms with van der Waals surface area (Å²) in [5, 5.41) is 11.9. The van der Waals surface area contributed by atoms with Crippen molar-refractivity contribution < 1.29 is 18.4 Å². The molecular formula is C13H19NO4S. The van der Waals surface area contributed by atoms with Gasteiger partial charge < -0.3 is 9.94 Å². The Bertz CT molecular complexity index is 537. The van der Waals surface area contributed by atoms with Gasteiger partial charge in [-0.1, -0.05) is 24.2 Å². The van der Waals surface area contributed by atoms with Gasteiger partial charge in [-0.2, -0.15) is 0 Å². The minimum Gasteiger partial charge on any atom is -0.493 e. The molecule has 0 spiro atoms. The molecule has 0 aromatic heterocycles. The number of sulfone groups is 1. The smallest absolute Gasteiger partial charge is 0.150 e.